The Morgan fingerprint density at radius 2 is 2.32 bits per heavy atom. The van der Waals surface area contributed by atoms with Gasteiger partial charge in [0.2, 0.25) is 5.88 Å². The summed E-state index contributed by atoms with van der Waals surface area (Å²) in [5, 5.41) is 3.69. The highest BCUT2D eigenvalue weighted by atomic mass is 16.6. The van der Waals surface area contributed by atoms with Crippen LogP contribution in [0, 0.1) is 0 Å². The summed E-state index contributed by atoms with van der Waals surface area (Å²) in [5.41, 5.74) is 6.14. The van der Waals surface area contributed by atoms with Gasteiger partial charge in [-0.05, 0) is 33.6 Å². The molecule has 2 rings (SSSR count). The van der Waals surface area contributed by atoms with Gasteiger partial charge in [0.15, 0.2) is 0 Å². The van der Waals surface area contributed by atoms with Crippen molar-refractivity contribution in [3.63, 3.8) is 0 Å². The molecule has 1 amide bonds. The van der Waals surface area contributed by atoms with Crippen LogP contribution in [-0.4, -0.2) is 34.8 Å². The van der Waals surface area contributed by atoms with Gasteiger partial charge >= 0.3 is 6.09 Å². The quantitative estimate of drug-likeness (QED) is 0.844. The minimum absolute atomic E-state index is 0.174. The van der Waals surface area contributed by atoms with Crippen molar-refractivity contribution in [1.82, 2.24) is 10.1 Å². The van der Waals surface area contributed by atoms with Crippen molar-refractivity contribution in [3.8, 4) is 0 Å². The summed E-state index contributed by atoms with van der Waals surface area (Å²) in [6, 6.07) is 0. The number of hydrogen-bond acceptors (Lipinski definition) is 5. The van der Waals surface area contributed by atoms with Gasteiger partial charge in [0.1, 0.15) is 5.60 Å². The summed E-state index contributed by atoms with van der Waals surface area (Å²) in [5.74, 6) is 0.517. The molecule has 6 heteroatoms. The highest BCUT2D eigenvalue weighted by Gasteiger charge is 2.30. The Bertz CT molecular complexity index is 450. The number of aromatic nitrogens is 1. The number of nitrogens with zero attached hydrogens (tertiary/aromatic N) is 2. The molecule has 106 valence electrons. The van der Waals surface area contributed by atoms with E-state index in [9.17, 15) is 4.79 Å². The summed E-state index contributed by atoms with van der Waals surface area (Å²) < 4.78 is 10.3. The van der Waals surface area contributed by atoms with Gasteiger partial charge in [0, 0.05) is 24.6 Å². The van der Waals surface area contributed by atoms with E-state index in [0.717, 1.165) is 24.9 Å². The molecular formula is C13H21N3O3. The van der Waals surface area contributed by atoms with Gasteiger partial charge in [0.25, 0.3) is 0 Å². The van der Waals surface area contributed by atoms with Crippen LogP contribution in [0.4, 0.5) is 10.7 Å². The SMILES string of the molecule is CC(C)(C)OC(=O)N1CCCC(c2cnoc2N)C1. The number of carbonyl (C=O) groups is 1. The molecule has 0 saturated carbocycles. The molecule has 1 aliphatic rings. The van der Waals surface area contributed by atoms with E-state index in [4.69, 9.17) is 15.0 Å². The Morgan fingerprint density at radius 3 is 2.89 bits per heavy atom. The highest BCUT2D eigenvalue weighted by Crippen LogP contribution is 2.30. The first-order chi connectivity index (χ1) is 8.87. The van der Waals surface area contributed by atoms with E-state index >= 15 is 0 Å². The zero-order chi connectivity index (χ0) is 14.0. The first-order valence-electron chi connectivity index (χ1n) is 6.55. The van der Waals surface area contributed by atoms with E-state index in [1.807, 2.05) is 20.8 Å². The largest absolute Gasteiger partial charge is 0.444 e. The van der Waals surface area contributed by atoms with Crippen LogP contribution in [0.25, 0.3) is 0 Å². The Labute approximate surface area is 112 Å². The fraction of sp³-hybridized carbons (Fsp3) is 0.692. The van der Waals surface area contributed by atoms with Crippen LogP contribution in [0.1, 0.15) is 45.1 Å². The molecule has 1 unspecified atom stereocenters. The minimum atomic E-state index is -0.472. The zero-order valence-corrected chi connectivity index (χ0v) is 11.7. The molecule has 0 spiro atoms. The van der Waals surface area contributed by atoms with Gasteiger partial charge in [-0.3, -0.25) is 0 Å². The van der Waals surface area contributed by atoms with Crippen molar-refractivity contribution < 1.29 is 14.1 Å². The highest BCUT2D eigenvalue weighted by molar-refractivity contribution is 5.68. The Kier molecular flexibility index (Phi) is 3.68. The molecular weight excluding hydrogens is 246 g/mol. The summed E-state index contributed by atoms with van der Waals surface area (Å²) >= 11 is 0. The van der Waals surface area contributed by atoms with E-state index in [2.05, 4.69) is 5.16 Å². The average molecular weight is 267 g/mol. The van der Waals surface area contributed by atoms with Gasteiger partial charge in [-0.1, -0.05) is 5.16 Å². The second kappa shape index (κ2) is 5.11. The summed E-state index contributed by atoms with van der Waals surface area (Å²) in [6.07, 6.45) is 3.27. The van der Waals surface area contributed by atoms with E-state index in [1.165, 1.54) is 0 Å². The van der Waals surface area contributed by atoms with Crippen molar-refractivity contribution in [2.24, 2.45) is 0 Å². The third-order valence-corrected chi connectivity index (χ3v) is 3.14. The number of piperidine rings is 1. The van der Waals surface area contributed by atoms with Crippen molar-refractivity contribution in [2.75, 3.05) is 18.8 Å². The Morgan fingerprint density at radius 1 is 1.58 bits per heavy atom. The van der Waals surface area contributed by atoms with Crippen LogP contribution >= 0.6 is 0 Å². The fourth-order valence-electron chi connectivity index (χ4n) is 2.29. The Hall–Kier alpha value is -1.72. The predicted molar refractivity (Wildman–Crippen MR) is 70.7 cm³/mol. The number of rotatable bonds is 1. The zero-order valence-electron chi connectivity index (χ0n) is 11.7. The first-order valence-corrected chi connectivity index (χ1v) is 6.55. The number of hydrogen-bond donors (Lipinski definition) is 1. The number of nitrogens with two attached hydrogens (primary N) is 1. The first kappa shape index (κ1) is 13.7. The molecule has 0 bridgehead atoms. The van der Waals surface area contributed by atoms with Crippen LogP contribution < -0.4 is 5.73 Å². The van der Waals surface area contributed by atoms with Crippen LogP contribution in [0.15, 0.2) is 10.7 Å². The number of nitrogen functional groups attached to an aromatic ring is 1. The van der Waals surface area contributed by atoms with Gasteiger partial charge < -0.3 is 19.9 Å². The van der Waals surface area contributed by atoms with Crippen LogP contribution in [0.5, 0.6) is 0 Å². The van der Waals surface area contributed by atoms with Crippen molar-refractivity contribution in [3.05, 3.63) is 11.8 Å². The molecule has 6 nitrogen and oxygen atoms in total. The Balaban J connectivity index is 2.01. The summed E-state index contributed by atoms with van der Waals surface area (Å²) in [6.45, 7) is 6.91. The number of amides is 1. The lowest BCUT2D eigenvalue weighted by Gasteiger charge is -2.33. The molecule has 19 heavy (non-hydrogen) atoms. The maximum atomic E-state index is 12.0. The van der Waals surface area contributed by atoms with Crippen LogP contribution in [0.2, 0.25) is 0 Å². The maximum Gasteiger partial charge on any atom is 0.410 e. The molecule has 1 saturated heterocycles. The molecule has 0 radical (unpaired) electrons. The van der Waals surface area contributed by atoms with Gasteiger partial charge in [-0.25, -0.2) is 4.79 Å². The summed E-state index contributed by atoms with van der Waals surface area (Å²) in [4.78, 5) is 13.8. The number of anilines is 1. The van der Waals surface area contributed by atoms with Crippen LogP contribution in [-0.2, 0) is 4.74 Å². The molecule has 1 aromatic rings. The standard InChI is InChI=1S/C13H21N3O3/c1-13(2,3)18-12(17)16-6-4-5-9(8-16)10-7-15-19-11(10)14/h7,9H,4-6,8,14H2,1-3H3. The van der Waals surface area contributed by atoms with Crippen molar-refractivity contribution >= 4 is 12.0 Å². The van der Waals surface area contributed by atoms with Crippen LogP contribution in [0.3, 0.4) is 0 Å². The van der Waals surface area contributed by atoms with E-state index in [0.29, 0.717) is 12.4 Å². The lowest BCUT2D eigenvalue weighted by molar-refractivity contribution is 0.0198. The van der Waals surface area contributed by atoms with Gasteiger partial charge in [-0.2, -0.15) is 0 Å². The molecule has 1 aliphatic heterocycles. The van der Waals surface area contributed by atoms with E-state index < -0.39 is 5.60 Å². The molecule has 2 heterocycles. The third kappa shape index (κ3) is 3.39. The molecule has 0 aromatic carbocycles. The summed E-state index contributed by atoms with van der Waals surface area (Å²) in [7, 11) is 0. The van der Waals surface area contributed by atoms with E-state index in [-0.39, 0.29) is 12.0 Å². The normalized spacial score (nSPS) is 20.4. The van der Waals surface area contributed by atoms with Gasteiger partial charge in [-0.15, -0.1) is 0 Å². The average Bonchev–Trinajstić information content (AvgIpc) is 2.73. The van der Waals surface area contributed by atoms with E-state index in [1.54, 1.807) is 11.1 Å². The lowest BCUT2D eigenvalue weighted by Crippen LogP contribution is -2.42. The monoisotopic (exact) mass is 267 g/mol. The minimum Gasteiger partial charge on any atom is -0.444 e. The molecule has 1 atom stereocenters. The van der Waals surface area contributed by atoms with Gasteiger partial charge in [0.05, 0.1) is 6.20 Å². The number of carbonyl (C=O) groups excluding carboxylic acids is 1. The maximum absolute atomic E-state index is 12.0. The molecule has 1 aromatic heterocycles. The second-order valence-electron chi connectivity index (χ2n) is 5.91. The lowest BCUT2D eigenvalue weighted by atomic mass is 9.92. The molecule has 2 N–H and O–H groups in total. The topological polar surface area (TPSA) is 81.6 Å². The van der Waals surface area contributed by atoms with Crippen molar-refractivity contribution in [1.29, 1.82) is 0 Å². The molecule has 0 aliphatic carbocycles. The number of ether oxygens (including phenoxy) is 1. The van der Waals surface area contributed by atoms with Crippen molar-refractivity contribution in [2.45, 2.75) is 45.1 Å². The molecule has 1 fully saturated rings. The predicted octanol–water partition coefficient (Wildman–Crippen LogP) is 2.37. The third-order valence-electron chi connectivity index (χ3n) is 3.14. The smallest absolute Gasteiger partial charge is 0.410 e. The fourth-order valence-corrected chi connectivity index (χ4v) is 2.29. The number of likely N-dealkylation sites (tertiary alicyclic amines) is 1. The second-order valence-corrected chi connectivity index (χ2v) is 5.91.